The van der Waals surface area contributed by atoms with Crippen molar-refractivity contribution in [3.8, 4) is 5.75 Å². The Balaban J connectivity index is 2.80. The first-order chi connectivity index (χ1) is 7.02. The maximum Gasteiger partial charge on any atom is 0.306 e. The third-order valence-electron chi connectivity index (χ3n) is 2.09. The highest BCUT2D eigenvalue weighted by Gasteiger charge is 2.07. The molecule has 0 unspecified atom stereocenters. The standard InChI is InChI=1S/C10H13NO4/c1-7-10(15-6-4-9(13)14)8(12)3-5-11(7)2/h3,5H,4,6H2,1-2H3,(H,13,14). The minimum atomic E-state index is -0.944. The SMILES string of the molecule is Cc1c(OCCC(=O)O)c(=O)ccn1C. The van der Waals surface area contributed by atoms with Gasteiger partial charge in [-0.2, -0.15) is 0 Å². The van der Waals surface area contributed by atoms with Gasteiger partial charge in [0, 0.05) is 19.3 Å². The fraction of sp³-hybridized carbons (Fsp3) is 0.400. The Bertz CT molecular complexity index is 422. The van der Waals surface area contributed by atoms with Gasteiger partial charge in [-0.15, -0.1) is 0 Å². The van der Waals surface area contributed by atoms with Crippen LogP contribution in [0.4, 0.5) is 0 Å². The predicted molar refractivity (Wildman–Crippen MR) is 54.2 cm³/mol. The van der Waals surface area contributed by atoms with E-state index in [2.05, 4.69) is 0 Å². The van der Waals surface area contributed by atoms with E-state index in [1.54, 1.807) is 24.7 Å². The van der Waals surface area contributed by atoms with Crippen LogP contribution < -0.4 is 10.2 Å². The van der Waals surface area contributed by atoms with E-state index in [1.165, 1.54) is 6.07 Å². The van der Waals surface area contributed by atoms with E-state index in [9.17, 15) is 9.59 Å². The van der Waals surface area contributed by atoms with Crippen LogP contribution in [0.1, 0.15) is 12.1 Å². The summed E-state index contributed by atoms with van der Waals surface area (Å²) in [7, 11) is 1.79. The van der Waals surface area contributed by atoms with Gasteiger partial charge >= 0.3 is 5.97 Å². The fourth-order valence-electron chi connectivity index (χ4n) is 1.12. The van der Waals surface area contributed by atoms with Gasteiger partial charge in [0.05, 0.1) is 18.7 Å². The summed E-state index contributed by atoms with van der Waals surface area (Å²) in [6, 6.07) is 1.39. The summed E-state index contributed by atoms with van der Waals surface area (Å²) < 4.78 is 6.89. The zero-order valence-electron chi connectivity index (χ0n) is 8.69. The van der Waals surface area contributed by atoms with Crippen molar-refractivity contribution in [2.24, 2.45) is 7.05 Å². The minimum absolute atomic E-state index is 0.00935. The molecule has 0 atom stereocenters. The molecule has 0 saturated heterocycles. The van der Waals surface area contributed by atoms with Crippen molar-refractivity contribution >= 4 is 5.97 Å². The molecule has 0 saturated carbocycles. The first kappa shape index (κ1) is 11.3. The van der Waals surface area contributed by atoms with Crippen LogP contribution in [0.3, 0.4) is 0 Å². The fourth-order valence-corrected chi connectivity index (χ4v) is 1.12. The van der Waals surface area contributed by atoms with Crippen molar-refractivity contribution in [1.29, 1.82) is 0 Å². The van der Waals surface area contributed by atoms with E-state index in [-0.39, 0.29) is 24.2 Å². The molecule has 0 radical (unpaired) electrons. The molecule has 5 nitrogen and oxygen atoms in total. The lowest BCUT2D eigenvalue weighted by Crippen LogP contribution is -2.15. The average Bonchev–Trinajstić information content (AvgIpc) is 2.17. The quantitative estimate of drug-likeness (QED) is 0.789. The summed E-state index contributed by atoms with van der Waals surface area (Å²) in [6.45, 7) is 1.76. The van der Waals surface area contributed by atoms with Gasteiger partial charge in [0.25, 0.3) is 0 Å². The van der Waals surface area contributed by atoms with E-state index in [1.807, 2.05) is 0 Å². The van der Waals surface area contributed by atoms with Gasteiger partial charge in [-0.25, -0.2) is 0 Å². The number of aryl methyl sites for hydroxylation is 1. The molecule has 1 aromatic heterocycles. The van der Waals surface area contributed by atoms with Crippen LogP contribution in [-0.2, 0) is 11.8 Å². The van der Waals surface area contributed by atoms with E-state index >= 15 is 0 Å². The Hall–Kier alpha value is -1.78. The molecule has 0 amide bonds. The zero-order valence-corrected chi connectivity index (χ0v) is 8.69. The third kappa shape index (κ3) is 2.83. The summed E-state index contributed by atoms with van der Waals surface area (Å²) in [5.74, 6) is -0.721. The monoisotopic (exact) mass is 211 g/mol. The van der Waals surface area contributed by atoms with Crippen LogP contribution in [-0.4, -0.2) is 22.2 Å². The number of carboxylic acids is 1. The number of carboxylic acid groups (broad SMARTS) is 1. The normalized spacial score (nSPS) is 10.0. The Morgan fingerprint density at radius 1 is 1.60 bits per heavy atom. The number of pyridine rings is 1. The Labute approximate surface area is 86.9 Å². The second-order valence-electron chi connectivity index (χ2n) is 3.20. The van der Waals surface area contributed by atoms with Crippen LogP contribution in [0.25, 0.3) is 0 Å². The summed E-state index contributed by atoms with van der Waals surface area (Å²) in [5, 5.41) is 8.42. The van der Waals surface area contributed by atoms with Gasteiger partial charge in [-0.3, -0.25) is 9.59 Å². The highest BCUT2D eigenvalue weighted by molar-refractivity contribution is 5.66. The number of hydrogen-bond acceptors (Lipinski definition) is 3. The molecular weight excluding hydrogens is 198 g/mol. The van der Waals surface area contributed by atoms with Gasteiger partial charge in [0.15, 0.2) is 5.75 Å². The summed E-state index contributed by atoms with van der Waals surface area (Å²) in [6.07, 6.45) is 1.53. The maximum atomic E-state index is 11.4. The maximum absolute atomic E-state index is 11.4. The van der Waals surface area contributed by atoms with Crippen molar-refractivity contribution < 1.29 is 14.6 Å². The number of aliphatic carboxylic acids is 1. The molecule has 5 heteroatoms. The highest BCUT2D eigenvalue weighted by atomic mass is 16.5. The van der Waals surface area contributed by atoms with Crippen molar-refractivity contribution in [3.05, 3.63) is 28.2 Å². The highest BCUT2D eigenvalue weighted by Crippen LogP contribution is 2.10. The summed E-state index contributed by atoms with van der Waals surface area (Å²) in [5.41, 5.74) is 0.462. The van der Waals surface area contributed by atoms with Crippen molar-refractivity contribution in [2.45, 2.75) is 13.3 Å². The lowest BCUT2D eigenvalue weighted by Gasteiger charge is -2.10. The van der Waals surface area contributed by atoms with Crippen molar-refractivity contribution in [2.75, 3.05) is 6.61 Å². The van der Waals surface area contributed by atoms with Gasteiger partial charge in [-0.1, -0.05) is 0 Å². The number of hydrogen-bond donors (Lipinski definition) is 1. The molecule has 1 N–H and O–H groups in total. The Morgan fingerprint density at radius 2 is 2.27 bits per heavy atom. The zero-order chi connectivity index (χ0) is 11.4. The van der Waals surface area contributed by atoms with Gasteiger partial charge in [0.1, 0.15) is 0 Å². The first-order valence-electron chi connectivity index (χ1n) is 4.53. The van der Waals surface area contributed by atoms with Crippen LogP contribution in [0.2, 0.25) is 0 Å². The van der Waals surface area contributed by atoms with Gasteiger partial charge < -0.3 is 14.4 Å². The Kier molecular flexibility index (Phi) is 3.49. The van der Waals surface area contributed by atoms with E-state index in [0.29, 0.717) is 5.69 Å². The molecule has 0 spiro atoms. The largest absolute Gasteiger partial charge is 0.487 e. The molecule has 0 fully saturated rings. The number of rotatable bonds is 4. The topological polar surface area (TPSA) is 68.5 Å². The minimum Gasteiger partial charge on any atom is -0.487 e. The van der Waals surface area contributed by atoms with Crippen LogP contribution in [0, 0.1) is 6.92 Å². The van der Waals surface area contributed by atoms with E-state index in [0.717, 1.165) is 0 Å². The molecule has 0 bridgehead atoms. The number of nitrogens with zero attached hydrogens (tertiary/aromatic N) is 1. The van der Waals surface area contributed by atoms with Gasteiger partial charge in [-0.05, 0) is 6.92 Å². The lowest BCUT2D eigenvalue weighted by molar-refractivity contribution is -0.137. The first-order valence-corrected chi connectivity index (χ1v) is 4.53. The molecule has 1 rings (SSSR count). The molecule has 1 heterocycles. The smallest absolute Gasteiger partial charge is 0.306 e. The molecule has 82 valence electrons. The van der Waals surface area contributed by atoms with E-state index in [4.69, 9.17) is 9.84 Å². The average molecular weight is 211 g/mol. The molecule has 1 aromatic rings. The van der Waals surface area contributed by atoms with Gasteiger partial charge in [0.2, 0.25) is 5.43 Å². The lowest BCUT2D eigenvalue weighted by atomic mass is 10.3. The third-order valence-corrected chi connectivity index (χ3v) is 2.09. The molecule has 0 aliphatic carbocycles. The predicted octanol–water partition coefficient (Wildman–Crippen LogP) is 0.547. The second kappa shape index (κ2) is 4.63. The summed E-state index contributed by atoms with van der Waals surface area (Å²) >= 11 is 0. The molecule has 15 heavy (non-hydrogen) atoms. The van der Waals surface area contributed by atoms with Crippen LogP contribution >= 0.6 is 0 Å². The molecular formula is C10H13NO4. The van der Waals surface area contributed by atoms with Crippen molar-refractivity contribution in [3.63, 3.8) is 0 Å². The van der Waals surface area contributed by atoms with Crippen molar-refractivity contribution in [1.82, 2.24) is 4.57 Å². The number of aromatic nitrogens is 1. The number of ether oxygens (including phenoxy) is 1. The molecule has 0 aliphatic heterocycles. The van der Waals surface area contributed by atoms with Crippen LogP contribution in [0.5, 0.6) is 5.75 Å². The Morgan fingerprint density at radius 3 is 2.87 bits per heavy atom. The number of carbonyl (C=O) groups is 1. The molecule has 0 aromatic carbocycles. The van der Waals surface area contributed by atoms with E-state index < -0.39 is 5.97 Å². The second-order valence-corrected chi connectivity index (χ2v) is 3.20. The molecule has 0 aliphatic rings. The summed E-state index contributed by atoms with van der Waals surface area (Å²) in [4.78, 5) is 21.6. The van der Waals surface area contributed by atoms with Crippen LogP contribution in [0.15, 0.2) is 17.1 Å².